The molecule has 0 spiro atoms. The van der Waals surface area contributed by atoms with Gasteiger partial charge in [-0.05, 0) is 37.1 Å². The number of nitrogens with two attached hydrogens (primary N) is 1. The van der Waals surface area contributed by atoms with Crippen LogP contribution in [-0.4, -0.2) is 40.7 Å². The Labute approximate surface area is 228 Å². The molecule has 15 heteroatoms. The van der Waals surface area contributed by atoms with Gasteiger partial charge in [-0.2, -0.15) is 0 Å². The number of nitrogens with one attached hydrogen (secondary N) is 1. The number of ether oxygens (including phenoxy) is 1. The van der Waals surface area contributed by atoms with Gasteiger partial charge in [0.15, 0.2) is 26.6 Å². The summed E-state index contributed by atoms with van der Waals surface area (Å²) in [4.78, 5) is 31.2. The fourth-order valence-electron chi connectivity index (χ4n) is 4.06. The number of nitrogens with zero attached hydrogens (tertiary/aromatic N) is 3. The van der Waals surface area contributed by atoms with E-state index >= 15 is 0 Å². The summed E-state index contributed by atoms with van der Waals surface area (Å²) in [5.41, 5.74) is 4.74. The molecular weight excluding hydrogens is 572 g/mol. The van der Waals surface area contributed by atoms with E-state index in [2.05, 4.69) is 20.5 Å². The van der Waals surface area contributed by atoms with Crippen molar-refractivity contribution in [2.24, 2.45) is 5.73 Å². The van der Waals surface area contributed by atoms with Crippen molar-refractivity contribution < 1.29 is 31.5 Å². The van der Waals surface area contributed by atoms with Crippen molar-refractivity contribution in [3.63, 3.8) is 0 Å². The monoisotopic (exact) mass is 591 g/mol. The third kappa shape index (κ3) is 5.12. The third-order valence-electron chi connectivity index (χ3n) is 6.05. The molecule has 39 heavy (non-hydrogen) atoms. The van der Waals surface area contributed by atoms with Crippen LogP contribution in [0.4, 0.5) is 13.9 Å². The third-order valence-corrected chi connectivity index (χ3v) is 9.78. The van der Waals surface area contributed by atoms with E-state index in [1.165, 1.54) is 36.0 Å². The van der Waals surface area contributed by atoms with Crippen LogP contribution in [0.3, 0.4) is 0 Å². The van der Waals surface area contributed by atoms with Gasteiger partial charge in [-0.3, -0.25) is 14.9 Å². The summed E-state index contributed by atoms with van der Waals surface area (Å²) in [6.45, 7) is 0. The maximum absolute atomic E-state index is 14.2. The normalized spacial score (nSPS) is 15.7. The number of carbonyl (C=O) groups is 2. The Kier molecular flexibility index (Phi) is 7.13. The van der Waals surface area contributed by atoms with Gasteiger partial charge in [0.2, 0.25) is 11.5 Å². The molecule has 4 aromatic rings. The second-order valence-corrected chi connectivity index (χ2v) is 12.6. The molecule has 2 unspecified atom stereocenters. The van der Waals surface area contributed by atoms with Crippen LogP contribution >= 0.6 is 22.7 Å². The Balaban J connectivity index is 1.73. The zero-order valence-electron chi connectivity index (χ0n) is 19.8. The molecule has 0 saturated heterocycles. The average molecular weight is 592 g/mol. The molecule has 10 nitrogen and oxygen atoms in total. The van der Waals surface area contributed by atoms with Crippen LogP contribution in [0.2, 0.25) is 0 Å². The van der Waals surface area contributed by atoms with Gasteiger partial charge in [-0.25, -0.2) is 22.2 Å². The Hall–Kier alpha value is -3.82. The van der Waals surface area contributed by atoms with E-state index < -0.39 is 50.1 Å². The molecule has 5 rings (SSSR count). The lowest BCUT2D eigenvalue weighted by Gasteiger charge is -2.37. The van der Waals surface area contributed by atoms with Crippen molar-refractivity contribution in [1.29, 1.82) is 0 Å². The van der Waals surface area contributed by atoms with E-state index in [0.717, 1.165) is 34.8 Å². The Bertz CT molecular complexity index is 1610. The first-order valence-corrected chi connectivity index (χ1v) is 14.7. The lowest BCUT2D eigenvalue weighted by Crippen LogP contribution is -2.54. The summed E-state index contributed by atoms with van der Waals surface area (Å²) in [5.74, 6) is -6.36. The van der Waals surface area contributed by atoms with Crippen LogP contribution in [-0.2, 0) is 25.0 Å². The summed E-state index contributed by atoms with van der Waals surface area (Å²) in [6, 6.07) is 7.80. The minimum Gasteiger partial charge on any atom is -0.471 e. The highest BCUT2D eigenvalue weighted by molar-refractivity contribution is 7.92. The van der Waals surface area contributed by atoms with Gasteiger partial charge in [0.1, 0.15) is 22.2 Å². The zero-order chi connectivity index (χ0) is 27.8. The van der Waals surface area contributed by atoms with Gasteiger partial charge in [0, 0.05) is 23.2 Å². The summed E-state index contributed by atoms with van der Waals surface area (Å²) in [6.07, 6.45) is 2.53. The molecule has 0 bridgehead atoms. The summed E-state index contributed by atoms with van der Waals surface area (Å²) >= 11 is 1.99. The number of benzene rings is 2. The molecule has 1 aliphatic carbocycles. The minimum atomic E-state index is -3.59. The standard InChI is InChI=1S/C24H19F2N5O5S3/c25-17-8-3-14(11-18(17)26)36-24(22(33)30-23-28-9-10-37-23,19(20(27)32)21-31-29-12-38-21)13-1-4-15(5-2-13)39(34,35)16-6-7-16/h1-5,8-12,16,19H,6-7H2,(H2,27,32)(H,28,30,33). The van der Waals surface area contributed by atoms with Crippen molar-refractivity contribution in [1.82, 2.24) is 15.2 Å². The number of hydrogen-bond donors (Lipinski definition) is 2. The molecular formula is C24H19F2N5O5S3. The molecule has 0 aliphatic heterocycles. The van der Waals surface area contributed by atoms with Crippen molar-refractivity contribution in [2.75, 3.05) is 5.32 Å². The van der Waals surface area contributed by atoms with Gasteiger partial charge in [-0.1, -0.05) is 12.1 Å². The number of hydrogen-bond acceptors (Lipinski definition) is 10. The Morgan fingerprint density at radius 3 is 2.41 bits per heavy atom. The van der Waals surface area contributed by atoms with E-state index in [4.69, 9.17) is 10.5 Å². The van der Waals surface area contributed by atoms with Crippen LogP contribution in [0.15, 0.2) is 64.4 Å². The number of carbonyl (C=O) groups excluding carboxylic acids is 2. The first-order chi connectivity index (χ1) is 18.6. The second-order valence-electron chi connectivity index (χ2n) is 8.59. The fraction of sp³-hybridized carbons (Fsp3) is 0.208. The van der Waals surface area contributed by atoms with E-state index in [-0.39, 0.29) is 26.3 Å². The fourth-order valence-corrected chi connectivity index (χ4v) is 6.96. The maximum Gasteiger partial charge on any atom is 0.276 e. The molecule has 2 atom stereocenters. The quantitative estimate of drug-likeness (QED) is 0.285. The van der Waals surface area contributed by atoms with Crippen molar-refractivity contribution in [3.8, 4) is 5.75 Å². The van der Waals surface area contributed by atoms with Gasteiger partial charge in [0.05, 0.1) is 10.1 Å². The van der Waals surface area contributed by atoms with Gasteiger partial charge in [-0.15, -0.1) is 32.9 Å². The molecule has 2 aromatic heterocycles. The highest BCUT2D eigenvalue weighted by Crippen LogP contribution is 2.44. The Morgan fingerprint density at radius 2 is 1.85 bits per heavy atom. The number of amides is 2. The Morgan fingerprint density at radius 1 is 1.10 bits per heavy atom. The first-order valence-electron chi connectivity index (χ1n) is 11.4. The summed E-state index contributed by atoms with van der Waals surface area (Å²) < 4.78 is 59.7. The topological polar surface area (TPSA) is 154 Å². The average Bonchev–Trinajstić information content (AvgIpc) is 3.41. The van der Waals surface area contributed by atoms with Crippen LogP contribution in [0.1, 0.15) is 29.3 Å². The number of rotatable bonds is 10. The van der Waals surface area contributed by atoms with Crippen LogP contribution < -0.4 is 15.8 Å². The highest BCUT2D eigenvalue weighted by Gasteiger charge is 2.55. The molecule has 3 N–H and O–H groups in total. The molecule has 2 heterocycles. The van der Waals surface area contributed by atoms with Gasteiger partial charge < -0.3 is 10.5 Å². The summed E-state index contributed by atoms with van der Waals surface area (Å²) in [7, 11) is -3.59. The van der Waals surface area contributed by atoms with Gasteiger partial charge in [0.25, 0.3) is 5.91 Å². The van der Waals surface area contributed by atoms with Crippen LogP contribution in [0, 0.1) is 11.6 Å². The van der Waals surface area contributed by atoms with Crippen molar-refractivity contribution in [2.45, 2.75) is 34.5 Å². The lowest BCUT2D eigenvalue weighted by molar-refractivity contribution is -0.141. The van der Waals surface area contributed by atoms with E-state index in [0.29, 0.717) is 18.9 Å². The predicted octanol–water partition coefficient (Wildman–Crippen LogP) is 3.39. The second kappa shape index (κ2) is 10.4. The smallest absolute Gasteiger partial charge is 0.276 e. The molecule has 1 fully saturated rings. The van der Waals surface area contributed by atoms with Gasteiger partial charge >= 0.3 is 0 Å². The van der Waals surface area contributed by atoms with Crippen molar-refractivity contribution >= 4 is 49.5 Å². The van der Waals surface area contributed by atoms with Crippen LogP contribution in [0.5, 0.6) is 5.75 Å². The summed E-state index contributed by atoms with van der Waals surface area (Å²) in [5, 5.41) is 11.5. The molecule has 2 aromatic carbocycles. The molecule has 1 aliphatic rings. The number of primary amides is 1. The largest absolute Gasteiger partial charge is 0.471 e. The molecule has 202 valence electrons. The van der Waals surface area contributed by atoms with Crippen LogP contribution in [0.25, 0.3) is 0 Å². The molecule has 2 amide bonds. The van der Waals surface area contributed by atoms with E-state index in [1.54, 1.807) is 5.38 Å². The minimum absolute atomic E-state index is 0.00460. The van der Waals surface area contributed by atoms with Crippen molar-refractivity contribution in [3.05, 3.63) is 81.8 Å². The lowest BCUT2D eigenvalue weighted by atomic mass is 9.79. The predicted molar refractivity (Wildman–Crippen MR) is 138 cm³/mol. The zero-order valence-corrected chi connectivity index (χ0v) is 22.2. The number of halogens is 2. The number of sulfone groups is 1. The SMILES string of the molecule is NC(=O)C(c1nncs1)C(Oc1ccc(F)c(F)c1)(C(=O)Nc1nccs1)c1ccc(S(=O)(=O)C2CC2)cc1. The first kappa shape index (κ1) is 26.8. The molecule has 1 saturated carbocycles. The highest BCUT2D eigenvalue weighted by atomic mass is 32.2. The van der Waals surface area contributed by atoms with E-state index in [9.17, 15) is 26.8 Å². The number of thiazole rings is 1. The van der Waals surface area contributed by atoms with E-state index in [1.807, 2.05) is 0 Å². The molecule has 0 radical (unpaired) electrons. The number of anilines is 1. The maximum atomic E-state index is 14.2. The number of aromatic nitrogens is 3.